The number of alkyl carbamates (subject to hydrolysis) is 1. The zero-order valence-electron chi connectivity index (χ0n) is 21.9. The van der Waals surface area contributed by atoms with Crippen molar-refractivity contribution in [3.8, 4) is 0 Å². The van der Waals surface area contributed by atoms with Gasteiger partial charge in [0.25, 0.3) is 0 Å². The molecule has 35 heavy (non-hydrogen) atoms. The summed E-state index contributed by atoms with van der Waals surface area (Å²) in [5.41, 5.74) is 1.47. The van der Waals surface area contributed by atoms with E-state index in [4.69, 9.17) is 4.74 Å². The van der Waals surface area contributed by atoms with Crippen molar-refractivity contribution in [2.24, 2.45) is 0 Å². The average Bonchev–Trinajstić information content (AvgIpc) is 2.79. The maximum Gasteiger partial charge on any atom is 0.408 e. The Kier molecular flexibility index (Phi) is 11.2. The van der Waals surface area contributed by atoms with Gasteiger partial charge in [-0.25, -0.2) is 4.79 Å². The van der Waals surface area contributed by atoms with Gasteiger partial charge in [-0.05, 0) is 64.7 Å². The molecule has 0 aliphatic carbocycles. The Morgan fingerprint density at radius 3 is 2.29 bits per heavy atom. The first-order chi connectivity index (χ1) is 16.3. The number of aryl methyl sites for hydroxylation is 1. The third-order valence-electron chi connectivity index (χ3n) is 5.59. The van der Waals surface area contributed by atoms with Gasteiger partial charge in [0.1, 0.15) is 24.2 Å². The summed E-state index contributed by atoms with van der Waals surface area (Å²) < 4.78 is 9.84. The molecular weight excluding hydrogens is 454 g/mol. The molecule has 1 aromatic rings. The lowest BCUT2D eigenvalue weighted by Gasteiger charge is -2.38. The third-order valence-corrected chi connectivity index (χ3v) is 5.59. The highest BCUT2D eigenvalue weighted by atomic mass is 16.6. The van der Waals surface area contributed by atoms with Gasteiger partial charge >= 0.3 is 12.1 Å². The highest BCUT2D eigenvalue weighted by molar-refractivity contribution is 5.93. The van der Waals surface area contributed by atoms with Crippen molar-refractivity contribution in [2.75, 3.05) is 20.3 Å². The lowest BCUT2D eigenvalue weighted by Crippen LogP contribution is -2.57. The number of esters is 1. The Morgan fingerprint density at radius 2 is 1.77 bits per heavy atom. The monoisotopic (exact) mass is 493 g/mol. The van der Waals surface area contributed by atoms with Gasteiger partial charge < -0.3 is 30.1 Å². The van der Waals surface area contributed by atoms with E-state index in [1.807, 2.05) is 26.8 Å². The van der Waals surface area contributed by atoms with Gasteiger partial charge in [-0.1, -0.05) is 25.1 Å². The Hall–Kier alpha value is -3.14. The summed E-state index contributed by atoms with van der Waals surface area (Å²) in [6.07, 6.45) is -0.380. The minimum atomic E-state index is -1.35. The number of benzene rings is 1. The number of aliphatic hydroxyl groups excluding tert-OH is 1. The quantitative estimate of drug-likeness (QED) is 0.425. The molecule has 196 valence electrons. The van der Waals surface area contributed by atoms with E-state index in [2.05, 4.69) is 15.4 Å². The lowest BCUT2D eigenvalue weighted by atomic mass is 9.93. The number of nitrogens with zero attached hydrogens (tertiary/aromatic N) is 1. The number of hydrogen-bond donors (Lipinski definition) is 3. The molecule has 10 heteroatoms. The predicted octanol–water partition coefficient (Wildman–Crippen LogP) is 2.15. The summed E-state index contributed by atoms with van der Waals surface area (Å²) in [6, 6.07) is 2.48. The molecule has 3 N–H and O–H groups in total. The standard InChI is InChI=1S/C25H39N3O7/c1-9-16(3)28(23(32)19(14-29)27-24(33)35-25(5,6)7)21(22(31)26-13-20(30)34-8)18-12-10-11-15(2)17(18)4/h10-12,16,19,21,29H,9,13-14H2,1-8H3,(H,26,31)(H,27,33). The molecule has 0 aliphatic rings. The highest BCUT2D eigenvalue weighted by Crippen LogP contribution is 2.29. The van der Waals surface area contributed by atoms with Crippen molar-refractivity contribution >= 4 is 23.9 Å². The number of hydrogen-bond acceptors (Lipinski definition) is 7. The number of ether oxygens (including phenoxy) is 2. The number of aliphatic hydroxyl groups is 1. The van der Waals surface area contributed by atoms with Crippen molar-refractivity contribution in [1.29, 1.82) is 0 Å². The Labute approximate surface area is 207 Å². The molecule has 3 atom stereocenters. The van der Waals surface area contributed by atoms with E-state index in [-0.39, 0.29) is 6.54 Å². The summed E-state index contributed by atoms with van der Waals surface area (Å²) >= 11 is 0. The van der Waals surface area contributed by atoms with Crippen molar-refractivity contribution in [3.05, 3.63) is 34.9 Å². The largest absolute Gasteiger partial charge is 0.468 e. The number of methoxy groups -OCH3 is 1. The number of nitrogens with one attached hydrogen (secondary N) is 2. The fraction of sp³-hybridized carbons (Fsp3) is 0.600. The maximum absolute atomic E-state index is 13.7. The molecule has 0 bridgehead atoms. The first-order valence-corrected chi connectivity index (χ1v) is 11.6. The molecule has 1 aromatic carbocycles. The molecule has 0 spiro atoms. The SMILES string of the molecule is CCC(C)N(C(=O)C(CO)NC(=O)OC(C)(C)C)C(C(=O)NCC(=O)OC)c1cccc(C)c1C. The normalized spacial score (nSPS) is 13.7. The number of carbonyl (C=O) groups excluding carboxylic acids is 4. The summed E-state index contributed by atoms with van der Waals surface area (Å²) in [5, 5.41) is 14.9. The minimum absolute atomic E-state index is 0.376. The molecule has 3 unspecified atom stereocenters. The third kappa shape index (κ3) is 8.54. The molecule has 3 amide bonds. The molecule has 1 rings (SSSR count). The molecule has 0 aliphatic heterocycles. The smallest absolute Gasteiger partial charge is 0.408 e. The lowest BCUT2D eigenvalue weighted by molar-refractivity contribution is -0.147. The first-order valence-electron chi connectivity index (χ1n) is 11.6. The van der Waals surface area contributed by atoms with Gasteiger partial charge in [0, 0.05) is 6.04 Å². The molecule has 0 aromatic heterocycles. The predicted molar refractivity (Wildman–Crippen MR) is 131 cm³/mol. The second-order valence-corrected chi connectivity index (χ2v) is 9.37. The van der Waals surface area contributed by atoms with Crippen LogP contribution in [0.25, 0.3) is 0 Å². The van der Waals surface area contributed by atoms with Crippen LogP contribution in [0.5, 0.6) is 0 Å². The molecule has 10 nitrogen and oxygen atoms in total. The summed E-state index contributed by atoms with van der Waals surface area (Å²) in [4.78, 5) is 52.5. The van der Waals surface area contributed by atoms with Crippen LogP contribution in [0.3, 0.4) is 0 Å². The first kappa shape index (κ1) is 29.9. The van der Waals surface area contributed by atoms with Crippen molar-refractivity contribution in [1.82, 2.24) is 15.5 Å². The molecule has 0 saturated carbocycles. The van der Waals surface area contributed by atoms with E-state index < -0.39 is 54.2 Å². The van der Waals surface area contributed by atoms with Gasteiger partial charge in [-0.2, -0.15) is 0 Å². The van der Waals surface area contributed by atoms with Crippen LogP contribution in [0, 0.1) is 13.8 Å². The van der Waals surface area contributed by atoms with E-state index in [0.29, 0.717) is 12.0 Å². The molecule has 0 fully saturated rings. The van der Waals surface area contributed by atoms with Crippen LogP contribution in [0.4, 0.5) is 4.79 Å². The minimum Gasteiger partial charge on any atom is -0.468 e. The number of rotatable bonds is 10. The highest BCUT2D eigenvalue weighted by Gasteiger charge is 2.39. The van der Waals surface area contributed by atoms with Crippen LogP contribution in [-0.4, -0.2) is 71.8 Å². The van der Waals surface area contributed by atoms with Crippen LogP contribution in [-0.2, 0) is 23.9 Å². The second-order valence-electron chi connectivity index (χ2n) is 9.37. The molecule has 0 radical (unpaired) electrons. The van der Waals surface area contributed by atoms with Crippen molar-refractivity contribution in [3.63, 3.8) is 0 Å². The average molecular weight is 494 g/mol. The van der Waals surface area contributed by atoms with Crippen LogP contribution < -0.4 is 10.6 Å². The van der Waals surface area contributed by atoms with E-state index in [9.17, 15) is 24.3 Å². The Bertz CT molecular complexity index is 911. The second kappa shape index (κ2) is 13.1. The fourth-order valence-corrected chi connectivity index (χ4v) is 3.43. The zero-order chi connectivity index (χ0) is 26.9. The summed E-state index contributed by atoms with van der Waals surface area (Å²) in [7, 11) is 1.21. The van der Waals surface area contributed by atoms with Crippen LogP contribution in [0.15, 0.2) is 18.2 Å². The van der Waals surface area contributed by atoms with Gasteiger partial charge in [-0.15, -0.1) is 0 Å². The maximum atomic E-state index is 13.7. The molecule has 0 saturated heterocycles. The van der Waals surface area contributed by atoms with Crippen molar-refractivity contribution in [2.45, 2.75) is 78.6 Å². The van der Waals surface area contributed by atoms with Crippen LogP contribution >= 0.6 is 0 Å². The van der Waals surface area contributed by atoms with Crippen molar-refractivity contribution < 1.29 is 33.8 Å². The van der Waals surface area contributed by atoms with Gasteiger partial charge in [0.05, 0.1) is 13.7 Å². The van der Waals surface area contributed by atoms with E-state index in [1.165, 1.54) is 12.0 Å². The zero-order valence-corrected chi connectivity index (χ0v) is 21.9. The Balaban J connectivity index is 3.51. The van der Waals surface area contributed by atoms with E-state index >= 15 is 0 Å². The van der Waals surface area contributed by atoms with Gasteiger partial charge in [-0.3, -0.25) is 14.4 Å². The summed E-state index contributed by atoms with van der Waals surface area (Å²) in [6.45, 7) is 11.3. The molecular formula is C25H39N3O7. The van der Waals surface area contributed by atoms with Gasteiger partial charge in [0.15, 0.2) is 0 Å². The van der Waals surface area contributed by atoms with E-state index in [1.54, 1.807) is 39.8 Å². The van der Waals surface area contributed by atoms with Crippen LogP contribution in [0.1, 0.15) is 63.8 Å². The van der Waals surface area contributed by atoms with Gasteiger partial charge in [0.2, 0.25) is 11.8 Å². The topological polar surface area (TPSA) is 134 Å². The van der Waals surface area contributed by atoms with Crippen LogP contribution in [0.2, 0.25) is 0 Å². The Morgan fingerprint density at radius 1 is 1.14 bits per heavy atom. The fourth-order valence-electron chi connectivity index (χ4n) is 3.43. The van der Waals surface area contributed by atoms with E-state index in [0.717, 1.165) is 11.1 Å². The number of carbonyl (C=O) groups is 4. The summed E-state index contributed by atoms with van der Waals surface area (Å²) in [5.74, 6) is -1.89. The number of amides is 3. The molecule has 0 heterocycles.